The van der Waals surface area contributed by atoms with Gasteiger partial charge in [0.15, 0.2) is 17.7 Å². The Morgan fingerprint density at radius 1 is 0.969 bits per heavy atom. The number of amides is 1. The fourth-order valence-electron chi connectivity index (χ4n) is 4.16. The Labute approximate surface area is 187 Å². The number of anilines is 3. The van der Waals surface area contributed by atoms with E-state index in [1.165, 1.54) is 5.56 Å². The van der Waals surface area contributed by atoms with Crippen molar-refractivity contribution in [3.05, 3.63) is 65.9 Å². The van der Waals surface area contributed by atoms with E-state index in [0.717, 1.165) is 49.0 Å². The molecule has 8 nitrogen and oxygen atoms in total. The first-order chi connectivity index (χ1) is 15.7. The van der Waals surface area contributed by atoms with Crippen molar-refractivity contribution < 1.29 is 9.53 Å². The molecule has 1 amide bonds. The molecule has 164 valence electrons. The minimum absolute atomic E-state index is 0.0791. The highest BCUT2D eigenvalue weighted by atomic mass is 16.5. The maximum absolute atomic E-state index is 13.0. The van der Waals surface area contributed by atoms with E-state index in [0.29, 0.717) is 18.9 Å². The average Bonchev–Trinajstić information content (AvgIpc) is 2.84. The van der Waals surface area contributed by atoms with Gasteiger partial charge in [0.05, 0.1) is 0 Å². The summed E-state index contributed by atoms with van der Waals surface area (Å²) >= 11 is 0. The van der Waals surface area contributed by atoms with Crippen molar-refractivity contribution in [1.29, 1.82) is 0 Å². The number of nitrogens with one attached hydrogen (secondary N) is 1. The smallest absolute Gasteiger partial charge is 0.263 e. The minimum Gasteiger partial charge on any atom is -0.480 e. The molecule has 0 aliphatic carbocycles. The third-order valence-electron chi connectivity index (χ3n) is 5.90. The maximum Gasteiger partial charge on any atom is 0.263 e. The maximum atomic E-state index is 13.0. The zero-order valence-electron chi connectivity index (χ0n) is 18.1. The third kappa shape index (κ3) is 4.34. The molecule has 0 bridgehead atoms. The molecule has 1 fully saturated rings. The highest BCUT2D eigenvalue weighted by molar-refractivity contribution is 5.82. The van der Waals surface area contributed by atoms with Gasteiger partial charge in [0.1, 0.15) is 11.6 Å². The van der Waals surface area contributed by atoms with Crippen molar-refractivity contribution >= 4 is 23.4 Å². The van der Waals surface area contributed by atoms with Crippen LogP contribution in [0.4, 0.5) is 17.5 Å². The van der Waals surface area contributed by atoms with Crippen molar-refractivity contribution in [2.45, 2.75) is 25.9 Å². The summed E-state index contributed by atoms with van der Waals surface area (Å²) in [5.41, 5.74) is 2.12. The average molecular weight is 431 g/mol. The Morgan fingerprint density at radius 2 is 1.81 bits per heavy atom. The number of ether oxygens (including phenoxy) is 1. The number of rotatable bonds is 4. The second kappa shape index (κ2) is 8.82. The van der Waals surface area contributed by atoms with E-state index in [2.05, 4.69) is 31.5 Å². The van der Waals surface area contributed by atoms with Gasteiger partial charge in [0.25, 0.3) is 5.91 Å². The van der Waals surface area contributed by atoms with E-state index in [1.807, 2.05) is 60.4 Å². The molecule has 8 heteroatoms. The molecule has 1 N–H and O–H groups in total. The lowest BCUT2D eigenvalue weighted by Crippen LogP contribution is -2.53. The number of piperazine rings is 1. The summed E-state index contributed by atoms with van der Waals surface area (Å²) < 4.78 is 5.99. The van der Waals surface area contributed by atoms with Crippen LogP contribution in [-0.4, -0.2) is 58.3 Å². The zero-order chi connectivity index (χ0) is 21.9. The molecule has 3 aromatic rings. The van der Waals surface area contributed by atoms with Crippen molar-refractivity contribution in [3.8, 4) is 5.75 Å². The normalized spacial score (nSPS) is 18.0. The second-order valence-electron chi connectivity index (χ2n) is 8.13. The van der Waals surface area contributed by atoms with Gasteiger partial charge in [-0.15, -0.1) is 10.2 Å². The fourth-order valence-corrected chi connectivity index (χ4v) is 4.16. The fraction of sp³-hybridized carbons (Fsp3) is 0.333. The van der Waals surface area contributed by atoms with Crippen LogP contribution in [0.15, 0.2) is 54.6 Å². The number of nitrogens with zero attached hydrogens (tertiary/aromatic N) is 5. The molecule has 1 atom stereocenters. The highest BCUT2D eigenvalue weighted by Gasteiger charge is 2.31. The lowest BCUT2D eigenvalue weighted by atomic mass is 10.0. The number of hydrogen-bond donors (Lipinski definition) is 1. The number of aromatic nitrogens is 3. The van der Waals surface area contributed by atoms with Crippen LogP contribution in [0, 0.1) is 6.92 Å². The van der Waals surface area contributed by atoms with E-state index in [-0.39, 0.29) is 5.91 Å². The number of para-hydroxylation sites is 1. The van der Waals surface area contributed by atoms with Gasteiger partial charge in [-0.3, -0.25) is 4.79 Å². The van der Waals surface area contributed by atoms with Gasteiger partial charge < -0.3 is 19.9 Å². The van der Waals surface area contributed by atoms with E-state index < -0.39 is 6.10 Å². The first-order valence-corrected chi connectivity index (χ1v) is 11.0. The molecular weight excluding hydrogens is 404 g/mol. The molecule has 2 aliphatic heterocycles. The van der Waals surface area contributed by atoms with Crippen molar-refractivity contribution in [3.63, 3.8) is 0 Å². The SMILES string of the molecule is Cc1cccc(Nc2ccc(N3CCN(C(=O)C4CCc5ccccc5O4)CC3)nn2)n1. The van der Waals surface area contributed by atoms with Gasteiger partial charge in [-0.2, -0.15) is 0 Å². The van der Waals surface area contributed by atoms with E-state index in [1.54, 1.807) is 0 Å². The van der Waals surface area contributed by atoms with Crippen molar-refractivity contribution in [2.75, 3.05) is 36.4 Å². The molecule has 1 saturated heterocycles. The van der Waals surface area contributed by atoms with Crippen molar-refractivity contribution in [1.82, 2.24) is 20.1 Å². The van der Waals surface area contributed by atoms with Crippen LogP contribution in [0.3, 0.4) is 0 Å². The molecular formula is C24H26N6O2. The van der Waals surface area contributed by atoms with Crippen LogP contribution in [0.1, 0.15) is 17.7 Å². The molecule has 5 rings (SSSR count). The zero-order valence-corrected chi connectivity index (χ0v) is 18.1. The Balaban J connectivity index is 1.16. The summed E-state index contributed by atoms with van der Waals surface area (Å²) in [7, 11) is 0. The first kappa shape index (κ1) is 20.2. The molecule has 1 unspecified atom stereocenters. The van der Waals surface area contributed by atoms with Crippen LogP contribution in [0.2, 0.25) is 0 Å². The summed E-state index contributed by atoms with van der Waals surface area (Å²) in [5, 5.41) is 11.8. The summed E-state index contributed by atoms with van der Waals surface area (Å²) in [6.45, 7) is 4.68. The Hall–Kier alpha value is -3.68. The van der Waals surface area contributed by atoms with Crippen LogP contribution in [0.5, 0.6) is 5.75 Å². The lowest BCUT2D eigenvalue weighted by Gasteiger charge is -2.37. The molecule has 2 aliphatic rings. The van der Waals surface area contributed by atoms with Gasteiger partial charge in [0, 0.05) is 31.9 Å². The monoisotopic (exact) mass is 430 g/mol. The molecule has 0 spiro atoms. The number of aryl methyl sites for hydroxylation is 2. The van der Waals surface area contributed by atoms with Crippen LogP contribution < -0.4 is 15.0 Å². The predicted octanol–water partition coefficient (Wildman–Crippen LogP) is 2.97. The van der Waals surface area contributed by atoms with Gasteiger partial charge in [-0.25, -0.2) is 4.98 Å². The summed E-state index contributed by atoms with van der Waals surface area (Å²) in [6, 6.07) is 17.6. The summed E-state index contributed by atoms with van der Waals surface area (Å²) in [6.07, 6.45) is 1.21. The minimum atomic E-state index is -0.392. The van der Waals surface area contributed by atoms with E-state index >= 15 is 0 Å². The third-order valence-corrected chi connectivity index (χ3v) is 5.90. The van der Waals surface area contributed by atoms with E-state index in [9.17, 15) is 4.79 Å². The Kier molecular flexibility index (Phi) is 5.58. The van der Waals surface area contributed by atoms with Gasteiger partial charge in [0.2, 0.25) is 0 Å². The van der Waals surface area contributed by atoms with E-state index in [4.69, 9.17) is 4.74 Å². The van der Waals surface area contributed by atoms with Crippen LogP contribution in [0.25, 0.3) is 0 Å². The first-order valence-electron chi connectivity index (χ1n) is 11.0. The molecule has 0 saturated carbocycles. The summed E-state index contributed by atoms with van der Waals surface area (Å²) in [4.78, 5) is 21.5. The highest BCUT2D eigenvalue weighted by Crippen LogP contribution is 2.28. The molecule has 1 aromatic carbocycles. The number of pyridine rings is 1. The molecule has 32 heavy (non-hydrogen) atoms. The van der Waals surface area contributed by atoms with Crippen LogP contribution in [-0.2, 0) is 11.2 Å². The van der Waals surface area contributed by atoms with Crippen LogP contribution >= 0.6 is 0 Å². The number of carbonyl (C=O) groups is 1. The predicted molar refractivity (Wildman–Crippen MR) is 122 cm³/mol. The molecule has 2 aromatic heterocycles. The number of hydrogen-bond acceptors (Lipinski definition) is 7. The van der Waals surface area contributed by atoms with Crippen molar-refractivity contribution in [2.24, 2.45) is 0 Å². The Bertz CT molecular complexity index is 1100. The van der Waals surface area contributed by atoms with Gasteiger partial charge in [-0.1, -0.05) is 24.3 Å². The standard InChI is InChI=1S/C24H26N6O2/c1-17-5-4-8-21(25-17)26-22-11-12-23(28-27-22)29-13-15-30(16-14-29)24(31)20-10-9-18-6-2-3-7-19(18)32-20/h2-8,11-12,20H,9-10,13-16H2,1H3,(H,25,26,27). The van der Waals surface area contributed by atoms with Gasteiger partial charge in [-0.05, 0) is 55.7 Å². The number of carbonyl (C=O) groups excluding carboxylic acids is 1. The quantitative estimate of drug-likeness (QED) is 0.681. The Morgan fingerprint density at radius 3 is 2.59 bits per heavy atom. The second-order valence-corrected chi connectivity index (χ2v) is 8.13. The molecule has 0 radical (unpaired) electrons. The number of fused-ring (bicyclic) bond motifs is 1. The van der Waals surface area contributed by atoms with Gasteiger partial charge >= 0.3 is 0 Å². The largest absolute Gasteiger partial charge is 0.480 e. The topological polar surface area (TPSA) is 83.5 Å². The lowest BCUT2D eigenvalue weighted by molar-refractivity contribution is -0.139. The molecule has 4 heterocycles. The number of benzene rings is 1. The summed E-state index contributed by atoms with van der Waals surface area (Å²) in [5.74, 6) is 3.11.